The topological polar surface area (TPSA) is 75.7 Å². The summed E-state index contributed by atoms with van der Waals surface area (Å²) in [5.74, 6) is -0.248. The zero-order chi connectivity index (χ0) is 20.2. The number of ether oxygens (including phenoxy) is 1. The molecule has 27 heavy (non-hydrogen) atoms. The Kier molecular flexibility index (Phi) is 7.41. The zero-order valence-electron chi connectivity index (χ0n) is 15.8. The van der Waals surface area contributed by atoms with Crippen LogP contribution >= 0.6 is 23.2 Å². The van der Waals surface area contributed by atoms with E-state index in [1.807, 2.05) is 20.8 Å². The molecule has 0 spiro atoms. The predicted octanol–water partition coefficient (Wildman–Crippen LogP) is 4.20. The normalized spacial score (nSPS) is 18.4. The molecule has 0 aliphatic carbocycles. The molecule has 1 aromatic carbocycles. The predicted molar refractivity (Wildman–Crippen MR) is 108 cm³/mol. The van der Waals surface area contributed by atoms with Crippen molar-refractivity contribution in [2.75, 3.05) is 13.1 Å². The van der Waals surface area contributed by atoms with E-state index in [-0.39, 0.29) is 18.3 Å². The van der Waals surface area contributed by atoms with Crippen molar-refractivity contribution >= 4 is 39.3 Å². The number of benzene rings is 1. The number of halogens is 2. The van der Waals surface area contributed by atoms with Gasteiger partial charge in [0.1, 0.15) is 5.60 Å². The third kappa shape index (κ3) is 7.14. The van der Waals surface area contributed by atoms with Gasteiger partial charge in [0, 0.05) is 29.2 Å². The van der Waals surface area contributed by atoms with E-state index in [1.54, 1.807) is 17.0 Å². The molecule has 1 fully saturated rings. The van der Waals surface area contributed by atoms with Crippen molar-refractivity contribution in [1.82, 2.24) is 9.62 Å². The minimum absolute atomic E-state index is 0.146. The summed E-state index contributed by atoms with van der Waals surface area (Å²) in [6, 6.07) is 4.48. The summed E-state index contributed by atoms with van der Waals surface area (Å²) in [6.07, 6.45) is 2.13. The van der Waals surface area contributed by atoms with E-state index >= 15 is 0 Å². The first-order valence-corrected chi connectivity index (χ1v) is 11.3. The number of rotatable bonds is 5. The fraction of sp³-hybridized carbons (Fsp3) is 0.611. The quantitative estimate of drug-likeness (QED) is 0.749. The van der Waals surface area contributed by atoms with E-state index in [0.717, 1.165) is 19.3 Å². The van der Waals surface area contributed by atoms with Gasteiger partial charge in [0.15, 0.2) is 0 Å². The molecule has 152 valence electrons. The number of amides is 1. The number of hydrogen-bond donors (Lipinski definition) is 1. The molecule has 0 saturated carbocycles. The van der Waals surface area contributed by atoms with E-state index in [4.69, 9.17) is 27.9 Å². The lowest BCUT2D eigenvalue weighted by molar-refractivity contribution is 0.0105. The molecule has 0 bridgehead atoms. The molecule has 1 amide bonds. The first-order chi connectivity index (χ1) is 12.5. The van der Waals surface area contributed by atoms with E-state index in [0.29, 0.717) is 22.2 Å². The third-order valence-electron chi connectivity index (χ3n) is 4.15. The first kappa shape index (κ1) is 22.3. The highest BCUT2D eigenvalue weighted by Crippen LogP contribution is 2.23. The maximum Gasteiger partial charge on any atom is 0.410 e. The van der Waals surface area contributed by atoms with Crippen LogP contribution in [-0.4, -0.2) is 44.1 Å². The van der Waals surface area contributed by atoms with Crippen molar-refractivity contribution in [2.45, 2.75) is 57.4 Å². The second-order valence-corrected chi connectivity index (χ2v) is 10.3. The van der Waals surface area contributed by atoms with E-state index in [1.165, 1.54) is 6.07 Å². The molecule has 9 heteroatoms. The molecule has 0 aromatic heterocycles. The van der Waals surface area contributed by atoms with Crippen LogP contribution in [0.1, 0.15) is 45.6 Å². The van der Waals surface area contributed by atoms with Crippen LogP contribution in [-0.2, 0) is 20.5 Å². The Morgan fingerprint density at radius 2 is 2.00 bits per heavy atom. The standard InChI is InChI=1S/C18H26Cl2N2O4S/c1-18(2,3)26-17(23)22-9-5-4-6-15(22)11-21-27(24,25)12-13-7-8-14(19)10-16(13)20/h7-8,10,15,21H,4-6,9,11-12H2,1-3H3. The molecule has 1 heterocycles. The number of piperidine rings is 1. The Labute approximate surface area is 171 Å². The number of nitrogens with one attached hydrogen (secondary N) is 1. The van der Waals surface area contributed by atoms with Crippen LogP contribution in [0.25, 0.3) is 0 Å². The van der Waals surface area contributed by atoms with Gasteiger partial charge in [-0.05, 0) is 57.7 Å². The Morgan fingerprint density at radius 3 is 2.63 bits per heavy atom. The average Bonchev–Trinajstić information content (AvgIpc) is 2.54. The second-order valence-electron chi connectivity index (χ2n) is 7.67. The summed E-state index contributed by atoms with van der Waals surface area (Å²) in [4.78, 5) is 14.0. The van der Waals surface area contributed by atoms with Gasteiger partial charge in [0.05, 0.1) is 5.75 Å². The van der Waals surface area contributed by atoms with Crippen LogP contribution in [0.3, 0.4) is 0 Å². The molecular formula is C18H26Cl2N2O4S. The molecule has 1 unspecified atom stereocenters. The van der Waals surface area contributed by atoms with Crippen molar-refractivity contribution < 1.29 is 17.9 Å². The van der Waals surface area contributed by atoms with Gasteiger partial charge in [-0.25, -0.2) is 17.9 Å². The lowest BCUT2D eigenvalue weighted by Gasteiger charge is -2.36. The van der Waals surface area contributed by atoms with Crippen LogP contribution < -0.4 is 4.72 Å². The summed E-state index contributed by atoms with van der Waals surface area (Å²) in [5, 5.41) is 0.755. The highest BCUT2D eigenvalue weighted by molar-refractivity contribution is 7.88. The van der Waals surface area contributed by atoms with Crippen molar-refractivity contribution in [3.05, 3.63) is 33.8 Å². The summed E-state index contributed by atoms with van der Waals surface area (Å²) in [7, 11) is -3.61. The molecule has 1 saturated heterocycles. The minimum atomic E-state index is -3.61. The van der Waals surface area contributed by atoms with Gasteiger partial charge in [0.25, 0.3) is 0 Å². The van der Waals surface area contributed by atoms with Crippen molar-refractivity contribution in [3.8, 4) is 0 Å². The first-order valence-electron chi connectivity index (χ1n) is 8.88. The number of hydrogen-bond acceptors (Lipinski definition) is 4. The van der Waals surface area contributed by atoms with E-state index in [2.05, 4.69) is 4.72 Å². The third-order valence-corrected chi connectivity index (χ3v) is 6.04. The minimum Gasteiger partial charge on any atom is -0.444 e. The molecule has 2 rings (SSSR count). The van der Waals surface area contributed by atoms with Crippen molar-refractivity contribution in [1.29, 1.82) is 0 Å². The Bertz CT molecular complexity index is 778. The van der Waals surface area contributed by atoms with Gasteiger partial charge in [-0.2, -0.15) is 0 Å². The monoisotopic (exact) mass is 436 g/mol. The van der Waals surface area contributed by atoms with Crippen LogP contribution in [0.15, 0.2) is 18.2 Å². The summed E-state index contributed by atoms with van der Waals surface area (Å²) in [5.41, 5.74) is -0.120. The van der Waals surface area contributed by atoms with Gasteiger partial charge >= 0.3 is 6.09 Å². The van der Waals surface area contributed by atoms with Crippen LogP contribution in [0.2, 0.25) is 10.0 Å². The van der Waals surface area contributed by atoms with Gasteiger partial charge in [-0.15, -0.1) is 0 Å². The van der Waals surface area contributed by atoms with Gasteiger partial charge in [-0.3, -0.25) is 0 Å². The van der Waals surface area contributed by atoms with E-state index in [9.17, 15) is 13.2 Å². The zero-order valence-corrected chi connectivity index (χ0v) is 18.1. The van der Waals surface area contributed by atoms with Crippen LogP contribution in [0.4, 0.5) is 4.79 Å². The number of carbonyl (C=O) groups is 1. The molecule has 1 N–H and O–H groups in total. The maximum atomic E-state index is 12.4. The van der Waals surface area contributed by atoms with Gasteiger partial charge < -0.3 is 9.64 Å². The molecule has 1 aromatic rings. The number of carbonyl (C=O) groups excluding carboxylic acids is 1. The molecule has 6 nitrogen and oxygen atoms in total. The Balaban J connectivity index is 2.00. The lowest BCUT2D eigenvalue weighted by Crippen LogP contribution is -2.50. The molecule has 1 atom stereocenters. The van der Waals surface area contributed by atoms with Crippen molar-refractivity contribution in [3.63, 3.8) is 0 Å². The largest absolute Gasteiger partial charge is 0.444 e. The highest BCUT2D eigenvalue weighted by atomic mass is 35.5. The SMILES string of the molecule is CC(C)(C)OC(=O)N1CCCCC1CNS(=O)(=O)Cc1ccc(Cl)cc1Cl. The highest BCUT2D eigenvalue weighted by Gasteiger charge is 2.31. The van der Waals surface area contributed by atoms with Crippen LogP contribution in [0, 0.1) is 0 Å². The van der Waals surface area contributed by atoms with Crippen molar-refractivity contribution in [2.24, 2.45) is 0 Å². The second kappa shape index (κ2) is 8.99. The fourth-order valence-corrected chi connectivity index (χ4v) is 4.66. The lowest BCUT2D eigenvalue weighted by atomic mass is 10.0. The summed E-state index contributed by atoms with van der Waals surface area (Å²) in [6.45, 7) is 6.13. The Hall–Kier alpha value is -1.02. The van der Waals surface area contributed by atoms with Gasteiger partial charge in [-0.1, -0.05) is 29.3 Å². The summed E-state index contributed by atoms with van der Waals surface area (Å²) < 4.78 is 32.9. The number of nitrogens with zero attached hydrogens (tertiary/aromatic N) is 1. The number of likely N-dealkylation sites (tertiary alicyclic amines) is 1. The average molecular weight is 437 g/mol. The smallest absolute Gasteiger partial charge is 0.410 e. The van der Waals surface area contributed by atoms with Gasteiger partial charge in [0.2, 0.25) is 10.0 Å². The molecular weight excluding hydrogens is 411 g/mol. The fourth-order valence-electron chi connectivity index (χ4n) is 2.89. The molecule has 1 aliphatic heterocycles. The maximum absolute atomic E-state index is 12.4. The van der Waals surface area contributed by atoms with Crippen LogP contribution in [0.5, 0.6) is 0 Å². The number of sulfonamides is 1. The molecule has 1 aliphatic rings. The molecule has 0 radical (unpaired) electrons. The Morgan fingerprint density at radius 1 is 1.30 bits per heavy atom. The summed E-state index contributed by atoms with van der Waals surface area (Å²) >= 11 is 11.9. The van der Waals surface area contributed by atoms with E-state index < -0.39 is 21.7 Å².